The summed E-state index contributed by atoms with van der Waals surface area (Å²) in [6, 6.07) is 6.61. The van der Waals surface area contributed by atoms with Gasteiger partial charge in [0.15, 0.2) is 0 Å². The van der Waals surface area contributed by atoms with Gasteiger partial charge in [-0.25, -0.2) is 0 Å². The first-order valence-electron chi connectivity index (χ1n) is 10.8. The minimum absolute atomic E-state index is 0.170. The highest BCUT2D eigenvalue weighted by molar-refractivity contribution is 6.08. The van der Waals surface area contributed by atoms with Crippen molar-refractivity contribution in [2.24, 2.45) is 17.8 Å². The van der Waals surface area contributed by atoms with E-state index >= 15 is 0 Å². The fourth-order valence-electron chi connectivity index (χ4n) is 4.43. The molecule has 1 fully saturated rings. The number of carbonyl (C=O) groups excluding carboxylic acids is 3. The second-order valence-corrected chi connectivity index (χ2v) is 8.59. The number of carbonyl (C=O) groups is 3. The first kappa shape index (κ1) is 22.1. The number of ether oxygens (including phenoxy) is 1. The molecular formula is C24H32N2O4. The number of imide groups is 1. The summed E-state index contributed by atoms with van der Waals surface area (Å²) in [5.41, 5.74) is 0.965. The lowest BCUT2D eigenvalue weighted by atomic mass is 9.85. The van der Waals surface area contributed by atoms with Crippen LogP contribution in [-0.4, -0.2) is 35.8 Å². The van der Waals surface area contributed by atoms with E-state index in [-0.39, 0.29) is 41.5 Å². The highest BCUT2D eigenvalue weighted by atomic mass is 16.5. The van der Waals surface area contributed by atoms with Crippen LogP contribution >= 0.6 is 0 Å². The van der Waals surface area contributed by atoms with Gasteiger partial charge in [0.1, 0.15) is 11.8 Å². The number of methoxy groups -OCH3 is 1. The third kappa shape index (κ3) is 4.42. The molecule has 1 aromatic carbocycles. The van der Waals surface area contributed by atoms with Crippen molar-refractivity contribution in [2.45, 2.75) is 58.5 Å². The molecule has 3 rings (SSSR count). The van der Waals surface area contributed by atoms with E-state index in [1.165, 1.54) is 4.90 Å². The molecule has 4 atom stereocenters. The lowest BCUT2D eigenvalue weighted by Gasteiger charge is -2.29. The van der Waals surface area contributed by atoms with Crippen molar-refractivity contribution in [1.29, 1.82) is 0 Å². The van der Waals surface area contributed by atoms with E-state index in [0.29, 0.717) is 25.7 Å². The zero-order chi connectivity index (χ0) is 21.8. The van der Waals surface area contributed by atoms with Crippen LogP contribution in [0.25, 0.3) is 0 Å². The molecule has 1 heterocycles. The lowest BCUT2D eigenvalue weighted by Crippen LogP contribution is -2.51. The summed E-state index contributed by atoms with van der Waals surface area (Å²) in [5.74, 6) is -0.396. The van der Waals surface area contributed by atoms with Gasteiger partial charge >= 0.3 is 0 Å². The van der Waals surface area contributed by atoms with Crippen LogP contribution in [0.5, 0.6) is 5.75 Å². The van der Waals surface area contributed by atoms with E-state index in [4.69, 9.17) is 4.74 Å². The van der Waals surface area contributed by atoms with Gasteiger partial charge < -0.3 is 10.1 Å². The molecule has 1 aliphatic carbocycles. The number of allylic oxidation sites excluding steroid dienone is 2. The minimum Gasteiger partial charge on any atom is -0.497 e. The van der Waals surface area contributed by atoms with E-state index in [0.717, 1.165) is 11.3 Å². The van der Waals surface area contributed by atoms with Gasteiger partial charge in [-0.1, -0.05) is 45.1 Å². The highest BCUT2D eigenvalue weighted by Gasteiger charge is 2.51. The maximum Gasteiger partial charge on any atom is 0.243 e. The van der Waals surface area contributed by atoms with Crippen molar-refractivity contribution < 1.29 is 19.1 Å². The number of amides is 3. The molecule has 162 valence electrons. The Morgan fingerprint density at radius 3 is 2.13 bits per heavy atom. The molecule has 1 N–H and O–H groups in total. The van der Waals surface area contributed by atoms with E-state index < -0.39 is 6.04 Å². The quantitative estimate of drug-likeness (QED) is 0.523. The Hall–Kier alpha value is -2.63. The average molecular weight is 413 g/mol. The molecular weight excluding hydrogens is 380 g/mol. The van der Waals surface area contributed by atoms with E-state index in [9.17, 15) is 14.4 Å². The number of rotatable bonds is 8. The number of nitrogens with zero attached hydrogens (tertiary/aromatic N) is 1. The number of fused-ring (bicyclic) bond motifs is 1. The van der Waals surface area contributed by atoms with Gasteiger partial charge in [0.05, 0.1) is 25.0 Å². The third-order valence-electron chi connectivity index (χ3n) is 6.09. The average Bonchev–Trinajstić information content (AvgIpc) is 3.00. The molecule has 6 heteroatoms. The predicted molar refractivity (Wildman–Crippen MR) is 115 cm³/mol. The maximum absolute atomic E-state index is 13.3. The van der Waals surface area contributed by atoms with Crippen LogP contribution < -0.4 is 10.1 Å². The van der Waals surface area contributed by atoms with Gasteiger partial charge in [0.2, 0.25) is 17.7 Å². The van der Waals surface area contributed by atoms with Crippen LogP contribution in [0.3, 0.4) is 0 Å². The molecule has 2 aliphatic rings. The lowest BCUT2D eigenvalue weighted by molar-refractivity contribution is -0.148. The minimum atomic E-state index is -0.775. The third-order valence-corrected chi connectivity index (χ3v) is 6.09. The fourth-order valence-corrected chi connectivity index (χ4v) is 4.43. The van der Waals surface area contributed by atoms with Crippen LogP contribution in [0.15, 0.2) is 36.4 Å². The summed E-state index contributed by atoms with van der Waals surface area (Å²) in [6.45, 7) is 6.00. The predicted octanol–water partition coefficient (Wildman–Crippen LogP) is 3.63. The highest BCUT2D eigenvalue weighted by Crippen LogP contribution is 2.37. The molecule has 0 saturated carbocycles. The Bertz CT molecular complexity index is 789. The first-order valence-corrected chi connectivity index (χ1v) is 10.8. The van der Waals surface area contributed by atoms with Crippen LogP contribution in [0.2, 0.25) is 0 Å². The summed E-state index contributed by atoms with van der Waals surface area (Å²) in [5, 5.41) is 3.08. The number of likely N-dealkylation sites (tertiary alicyclic amines) is 1. The number of benzene rings is 1. The summed E-state index contributed by atoms with van der Waals surface area (Å²) < 4.78 is 5.21. The van der Waals surface area contributed by atoms with E-state index in [1.807, 2.05) is 57.2 Å². The van der Waals surface area contributed by atoms with E-state index in [1.54, 1.807) is 7.11 Å². The van der Waals surface area contributed by atoms with Crippen LogP contribution in [-0.2, 0) is 14.4 Å². The molecule has 6 nitrogen and oxygen atoms in total. The first-order chi connectivity index (χ1) is 14.4. The van der Waals surface area contributed by atoms with Gasteiger partial charge in [-0.05, 0) is 49.3 Å². The zero-order valence-corrected chi connectivity index (χ0v) is 18.3. The van der Waals surface area contributed by atoms with Crippen molar-refractivity contribution in [3.63, 3.8) is 0 Å². The molecule has 0 radical (unpaired) electrons. The molecule has 30 heavy (non-hydrogen) atoms. The Kier molecular flexibility index (Phi) is 6.95. The Morgan fingerprint density at radius 2 is 1.67 bits per heavy atom. The topological polar surface area (TPSA) is 75.7 Å². The molecule has 1 saturated heterocycles. The van der Waals surface area contributed by atoms with Gasteiger partial charge in [-0.3, -0.25) is 19.3 Å². The molecule has 1 aromatic rings. The Morgan fingerprint density at radius 1 is 1.10 bits per heavy atom. The Balaban J connectivity index is 1.81. The molecule has 0 aromatic heterocycles. The van der Waals surface area contributed by atoms with Crippen molar-refractivity contribution in [3.05, 3.63) is 42.0 Å². The van der Waals surface area contributed by atoms with Gasteiger partial charge in [-0.15, -0.1) is 0 Å². The maximum atomic E-state index is 13.3. The van der Waals surface area contributed by atoms with Crippen LogP contribution in [0, 0.1) is 17.8 Å². The summed E-state index contributed by atoms with van der Waals surface area (Å²) in [4.78, 5) is 40.7. The normalized spacial score (nSPS) is 22.8. The molecule has 3 amide bonds. The van der Waals surface area contributed by atoms with Crippen molar-refractivity contribution >= 4 is 17.7 Å². The summed E-state index contributed by atoms with van der Waals surface area (Å²) in [7, 11) is 1.61. The standard InChI is InChI=1S/C24H32N2O4/c1-5-20(16-10-12-17(30-4)13-11-16)25-22(27)21(14-15(2)3)26-23(28)18-8-6-7-9-19(18)24(26)29/h6-7,10-13,15,18-21H,5,8-9,14H2,1-4H3,(H,25,27). The Labute approximate surface area is 178 Å². The summed E-state index contributed by atoms with van der Waals surface area (Å²) >= 11 is 0. The smallest absolute Gasteiger partial charge is 0.243 e. The number of nitrogens with one attached hydrogen (secondary N) is 1. The molecule has 0 bridgehead atoms. The zero-order valence-electron chi connectivity index (χ0n) is 18.3. The van der Waals surface area contributed by atoms with Gasteiger partial charge in [0, 0.05) is 0 Å². The van der Waals surface area contributed by atoms with Gasteiger partial charge in [0.25, 0.3) is 0 Å². The fraction of sp³-hybridized carbons (Fsp3) is 0.542. The molecule has 0 spiro atoms. The molecule has 1 aliphatic heterocycles. The monoisotopic (exact) mass is 412 g/mol. The number of hydrogen-bond donors (Lipinski definition) is 1. The van der Waals surface area contributed by atoms with Gasteiger partial charge in [-0.2, -0.15) is 0 Å². The van der Waals surface area contributed by atoms with Crippen molar-refractivity contribution in [2.75, 3.05) is 7.11 Å². The SMILES string of the molecule is CCC(NC(=O)C(CC(C)C)N1C(=O)C2CC=CCC2C1=O)c1ccc(OC)cc1. The van der Waals surface area contributed by atoms with Crippen molar-refractivity contribution in [3.8, 4) is 5.75 Å². The van der Waals surface area contributed by atoms with Crippen LogP contribution in [0.4, 0.5) is 0 Å². The molecule has 4 unspecified atom stereocenters. The van der Waals surface area contributed by atoms with Crippen LogP contribution in [0.1, 0.15) is 58.1 Å². The second kappa shape index (κ2) is 9.45. The second-order valence-electron chi connectivity index (χ2n) is 8.59. The largest absolute Gasteiger partial charge is 0.497 e. The number of hydrogen-bond acceptors (Lipinski definition) is 4. The van der Waals surface area contributed by atoms with E-state index in [2.05, 4.69) is 5.32 Å². The summed E-state index contributed by atoms with van der Waals surface area (Å²) in [6.07, 6.45) is 6.23. The van der Waals surface area contributed by atoms with Crippen molar-refractivity contribution in [1.82, 2.24) is 10.2 Å².